The van der Waals surface area contributed by atoms with Gasteiger partial charge in [-0.15, -0.1) is 0 Å². The number of likely N-dealkylation sites (N-methyl/N-ethyl adjacent to an activating group) is 2. The smallest absolute Gasteiger partial charge is 0.0829 e. The lowest BCUT2D eigenvalue weighted by Crippen LogP contribution is -2.52. The van der Waals surface area contributed by atoms with Gasteiger partial charge < -0.3 is 10.1 Å². The van der Waals surface area contributed by atoms with Gasteiger partial charge in [-0.05, 0) is 32.5 Å². The van der Waals surface area contributed by atoms with Gasteiger partial charge in [0.25, 0.3) is 0 Å². The zero-order valence-electron chi connectivity index (χ0n) is 12.0. The van der Waals surface area contributed by atoms with E-state index in [2.05, 4.69) is 29.0 Å². The van der Waals surface area contributed by atoms with Crippen LogP contribution >= 0.6 is 0 Å². The molecule has 1 N–H and O–H groups in total. The first-order valence-electron chi connectivity index (χ1n) is 7.62. The van der Waals surface area contributed by atoms with Crippen LogP contribution in [0, 0.1) is 0 Å². The minimum absolute atomic E-state index is 0.403. The molecule has 18 heavy (non-hydrogen) atoms. The Hall–Kier alpha value is -0.160. The Morgan fingerprint density at radius 2 is 2.28 bits per heavy atom. The molecule has 0 spiro atoms. The summed E-state index contributed by atoms with van der Waals surface area (Å²) in [5.41, 5.74) is 0. The predicted molar refractivity (Wildman–Crippen MR) is 75.0 cm³/mol. The van der Waals surface area contributed by atoms with Crippen LogP contribution in [-0.2, 0) is 4.74 Å². The van der Waals surface area contributed by atoms with E-state index in [1.807, 2.05) is 0 Å². The number of rotatable bonds is 5. The number of hydrogen-bond acceptors (Lipinski definition) is 4. The normalized spacial score (nSPS) is 30.8. The van der Waals surface area contributed by atoms with Gasteiger partial charge in [-0.2, -0.15) is 0 Å². The van der Waals surface area contributed by atoms with Crippen LogP contribution in [0.2, 0.25) is 0 Å². The van der Waals surface area contributed by atoms with E-state index in [0.717, 1.165) is 45.9 Å². The van der Waals surface area contributed by atoms with Crippen molar-refractivity contribution in [1.29, 1.82) is 0 Å². The number of piperidine rings is 1. The van der Waals surface area contributed by atoms with Crippen LogP contribution in [0.3, 0.4) is 0 Å². The van der Waals surface area contributed by atoms with Crippen molar-refractivity contribution in [3.05, 3.63) is 0 Å². The second kappa shape index (κ2) is 7.43. The first-order chi connectivity index (χ1) is 8.83. The summed E-state index contributed by atoms with van der Waals surface area (Å²) in [5, 5.41) is 3.51. The molecule has 2 saturated heterocycles. The number of morpholine rings is 1. The van der Waals surface area contributed by atoms with E-state index < -0.39 is 0 Å². The summed E-state index contributed by atoms with van der Waals surface area (Å²) in [6.07, 6.45) is 3.05. The molecule has 4 heteroatoms. The van der Waals surface area contributed by atoms with Crippen LogP contribution in [0.25, 0.3) is 0 Å². The maximum absolute atomic E-state index is 5.93. The lowest BCUT2D eigenvalue weighted by Gasteiger charge is -2.39. The van der Waals surface area contributed by atoms with Gasteiger partial charge in [-0.1, -0.05) is 13.8 Å². The van der Waals surface area contributed by atoms with Crippen molar-refractivity contribution in [1.82, 2.24) is 15.1 Å². The second-order valence-electron chi connectivity index (χ2n) is 5.47. The van der Waals surface area contributed by atoms with Crippen LogP contribution < -0.4 is 5.32 Å². The summed E-state index contributed by atoms with van der Waals surface area (Å²) in [5.74, 6) is 0. The zero-order chi connectivity index (χ0) is 12.8. The number of hydrogen-bond donors (Lipinski definition) is 1. The molecule has 2 unspecified atom stereocenters. The molecule has 0 aromatic rings. The second-order valence-corrected chi connectivity index (χ2v) is 5.47. The molecular weight excluding hydrogens is 226 g/mol. The molecular formula is C14H29N3O. The van der Waals surface area contributed by atoms with E-state index >= 15 is 0 Å². The molecule has 4 nitrogen and oxygen atoms in total. The van der Waals surface area contributed by atoms with Crippen molar-refractivity contribution in [3.63, 3.8) is 0 Å². The monoisotopic (exact) mass is 255 g/mol. The molecule has 2 fully saturated rings. The topological polar surface area (TPSA) is 27.7 Å². The van der Waals surface area contributed by atoms with Gasteiger partial charge in [0.05, 0.1) is 12.7 Å². The molecule has 0 saturated carbocycles. The molecule has 0 amide bonds. The van der Waals surface area contributed by atoms with Gasteiger partial charge in [0.1, 0.15) is 0 Å². The third-order valence-electron chi connectivity index (χ3n) is 4.30. The Bertz CT molecular complexity index is 231. The number of nitrogens with one attached hydrogen (secondary N) is 1. The Labute approximate surface area is 112 Å². The maximum atomic E-state index is 5.93. The summed E-state index contributed by atoms with van der Waals surface area (Å²) in [6, 6.07) is 0.712. The number of nitrogens with zero attached hydrogens (tertiary/aromatic N) is 2. The van der Waals surface area contributed by atoms with E-state index in [1.54, 1.807) is 0 Å². The highest BCUT2D eigenvalue weighted by molar-refractivity contribution is 4.81. The van der Waals surface area contributed by atoms with Gasteiger partial charge in [-0.3, -0.25) is 9.80 Å². The average Bonchev–Trinajstić information content (AvgIpc) is 2.46. The molecule has 2 rings (SSSR count). The highest BCUT2D eigenvalue weighted by Gasteiger charge is 2.25. The first kappa shape index (κ1) is 14.3. The third-order valence-corrected chi connectivity index (χ3v) is 4.30. The Morgan fingerprint density at radius 3 is 2.94 bits per heavy atom. The highest BCUT2D eigenvalue weighted by atomic mass is 16.5. The molecule has 0 aromatic carbocycles. The lowest BCUT2D eigenvalue weighted by atomic mass is 10.1. The van der Waals surface area contributed by atoms with Crippen LogP contribution in [0.5, 0.6) is 0 Å². The predicted octanol–water partition coefficient (Wildman–Crippen LogP) is 0.781. The van der Waals surface area contributed by atoms with Crippen LogP contribution in [0.15, 0.2) is 0 Å². The molecule has 106 valence electrons. The van der Waals surface area contributed by atoms with Crippen molar-refractivity contribution in [2.24, 2.45) is 0 Å². The molecule has 0 aromatic heterocycles. The van der Waals surface area contributed by atoms with E-state index in [0.29, 0.717) is 12.1 Å². The van der Waals surface area contributed by atoms with Crippen LogP contribution in [0.4, 0.5) is 0 Å². The van der Waals surface area contributed by atoms with Gasteiger partial charge >= 0.3 is 0 Å². The Balaban J connectivity index is 1.81. The lowest BCUT2D eigenvalue weighted by molar-refractivity contribution is -0.0476. The zero-order valence-corrected chi connectivity index (χ0v) is 12.0. The standard InChI is InChI=1S/C14H29N3O/c1-3-16-8-9-18-14(11-16)12-17(4-2)13-6-5-7-15-10-13/h13-15H,3-12H2,1-2H3. The molecule has 2 aliphatic rings. The maximum Gasteiger partial charge on any atom is 0.0829 e. The summed E-state index contributed by atoms with van der Waals surface area (Å²) >= 11 is 0. The minimum atomic E-state index is 0.403. The van der Waals surface area contributed by atoms with E-state index in [-0.39, 0.29) is 0 Å². The van der Waals surface area contributed by atoms with Crippen LogP contribution in [-0.4, -0.2) is 74.4 Å². The van der Waals surface area contributed by atoms with E-state index in [4.69, 9.17) is 4.74 Å². The van der Waals surface area contributed by atoms with Gasteiger partial charge in [0, 0.05) is 32.2 Å². The summed E-state index contributed by atoms with van der Waals surface area (Å²) in [6.45, 7) is 13.3. The fourth-order valence-electron chi connectivity index (χ4n) is 3.12. The highest BCUT2D eigenvalue weighted by Crippen LogP contribution is 2.13. The summed E-state index contributed by atoms with van der Waals surface area (Å²) < 4.78 is 5.93. The fraction of sp³-hybridized carbons (Fsp3) is 1.00. The SMILES string of the molecule is CCN1CCOC(CN(CC)C2CCCNC2)C1. The minimum Gasteiger partial charge on any atom is -0.374 e. The van der Waals surface area contributed by atoms with Crippen molar-refractivity contribution >= 4 is 0 Å². The molecule has 2 aliphatic heterocycles. The largest absolute Gasteiger partial charge is 0.374 e. The Morgan fingerprint density at radius 1 is 1.39 bits per heavy atom. The van der Waals surface area contributed by atoms with Gasteiger partial charge in [-0.25, -0.2) is 0 Å². The molecule has 0 aliphatic carbocycles. The van der Waals surface area contributed by atoms with Gasteiger partial charge in [0.2, 0.25) is 0 Å². The van der Waals surface area contributed by atoms with Crippen molar-refractivity contribution in [3.8, 4) is 0 Å². The van der Waals surface area contributed by atoms with Crippen molar-refractivity contribution < 1.29 is 4.74 Å². The quantitative estimate of drug-likeness (QED) is 0.786. The molecule has 2 heterocycles. The first-order valence-corrected chi connectivity index (χ1v) is 7.62. The Kier molecular flexibility index (Phi) is 5.89. The average molecular weight is 255 g/mol. The van der Waals surface area contributed by atoms with E-state index in [9.17, 15) is 0 Å². The molecule has 2 atom stereocenters. The van der Waals surface area contributed by atoms with Gasteiger partial charge in [0.15, 0.2) is 0 Å². The van der Waals surface area contributed by atoms with Crippen molar-refractivity contribution in [2.75, 3.05) is 52.4 Å². The molecule has 0 bridgehead atoms. The van der Waals surface area contributed by atoms with Crippen molar-refractivity contribution in [2.45, 2.75) is 38.8 Å². The molecule has 0 radical (unpaired) electrons. The summed E-state index contributed by atoms with van der Waals surface area (Å²) in [7, 11) is 0. The fourth-order valence-corrected chi connectivity index (χ4v) is 3.12. The van der Waals surface area contributed by atoms with Crippen LogP contribution in [0.1, 0.15) is 26.7 Å². The van der Waals surface area contributed by atoms with E-state index in [1.165, 1.54) is 19.4 Å². The number of ether oxygens (including phenoxy) is 1. The summed E-state index contributed by atoms with van der Waals surface area (Å²) in [4.78, 5) is 5.11. The third kappa shape index (κ3) is 3.92.